The first-order valence-electron chi connectivity index (χ1n) is 10.7. The number of nitrogens with zero attached hydrogens (tertiary/aromatic N) is 5. The molecule has 0 spiro atoms. The van der Waals surface area contributed by atoms with Crippen LogP contribution in [-0.4, -0.2) is 69.9 Å². The van der Waals surface area contributed by atoms with E-state index in [0.29, 0.717) is 37.5 Å². The zero-order valence-corrected chi connectivity index (χ0v) is 19.3. The fourth-order valence-electron chi connectivity index (χ4n) is 3.83. The maximum Gasteiger partial charge on any atom is 0.427 e. The van der Waals surface area contributed by atoms with Gasteiger partial charge in [-0.05, 0) is 0 Å². The third-order valence-electron chi connectivity index (χ3n) is 5.62. The Morgan fingerprint density at radius 2 is 1.78 bits per heavy atom. The van der Waals surface area contributed by atoms with Crippen LogP contribution in [-0.2, 0) is 28.4 Å². The minimum absolute atomic E-state index is 0.000516. The smallest absolute Gasteiger partial charge is 0.379 e. The average molecular weight is 538 g/mol. The van der Waals surface area contributed by atoms with Crippen molar-refractivity contribution in [2.24, 2.45) is 0 Å². The van der Waals surface area contributed by atoms with E-state index < -0.39 is 33.7 Å². The lowest BCUT2D eigenvalue weighted by Crippen LogP contribution is -2.49. The number of hydrogen-bond acceptors (Lipinski definition) is 7. The van der Waals surface area contributed by atoms with Gasteiger partial charge in [-0.15, -0.1) is 0 Å². The molecule has 0 radical (unpaired) electrons. The molecule has 0 atom stereocenters. The summed E-state index contributed by atoms with van der Waals surface area (Å²) in [6.45, 7) is 1.36. The van der Waals surface area contributed by atoms with E-state index in [-0.39, 0.29) is 42.7 Å². The third kappa shape index (κ3) is 5.64. The van der Waals surface area contributed by atoms with Crippen LogP contribution in [0, 0.1) is 0 Å². The summed E-state index contributed by atoms with van der Waals surface area (Å²) in [4.78, 5) is 30.6. The standard InChI is InChI=1S/C20H20F6N6O3S/c21-19(22,23)12-11-32(13-9-28-29-17(34)16(12)13)6-8-35-7-1-15(33)30-2-4-31(5-3-30)18-27-10-14(36-18)20(24,25)26/h9-11H,1-8H2,(H,29,34). The second-order valence-electron chi connectivity index (χ2n) is 7.93. The molecule has 1 fully saturated rings. The van der Waals surface area contributed by atoms with Crippen molar-refractivity contribution in [3.63, 3.8) is 0 Å². The van der Waals surface area contributed by atoms with Crippen LogP contribution in [0.1, 0.15) is 16.9 Å². The molecule has 9 nitrogen and oxygen atoms in total. The molecule has 0 unspecified atom stereocenters. The van der Waals surface area contributed by atoms with Crippen LogP contribution in [0.15, 0.2) is 23.4 Å². The molecule has 4 heterocycles. The number of carbonyl (C=O) groups is 1. The van der Waals surface area contributed by atoms with E-state index in [9.17, 15) is 35.9 Å². The van der Waals surface area contributed by atoms with Crippen molar-refractivity contribution < 1.29 is 35.9 Å². The number of fused-ring (bicyclic) bond motifs is 1. The van der Waals surface area contributed by atoms with Gasteiger partial charge in [0.1, 0.15) is 4.88 Å². The lowest BCUT2D eigenvalue weighted by molar-refractivity contribution is -0.136. The number of thiazole rings is 1. The molecule has 0 aliphatic carbocycles. The molecular weight excluding hydrogens is 518 g/mol. The Balaban J connectivity index is 1.23. The number of aromatic nitrogens is 4. The number of aromatic amines is 1. The zero-order valence-electron chi connectivity index (χ0n) is 18.5. The molecule has 1 aliphatic rings. The first-order chi connectivity index (χ1) is 16.9. The third-order valence-corrected chi connectivity index (χ3v) is 6.72. The quantitative estimate of drug-likeness (QED) is 0.367. The SMILES string of the molecule is O=C(CCOCCn1cc(C(F)(F)F)c2c(=O)[nH]ncc21)N1CCN(c2ncc(C(F)(F)F)s2)CC1. The molecule has 3 aromatic heterocycles. The topological polar surface area (TPSA) is 96.3 Å². The normalized spacial score (nSPS) is 15.2. The van der Waals surface area contributed by atoms with Gasteiger partial charge in [0.05, 0.1) is 48.5 Å². The van der Waals surface area contributed by atoms with Crippen molar-refractivity contribution in [2.75, 3.05) is 44.3 Å². The predicted octanol–water partition coefficient (Wildman–Crippen LogP) is 2.97. The van der Waals surface area contributed by atoms with Crippen LogP contribution < -0.4 is 10.5 Å². The van der Waals surface area contributed by atoms with Crippen LogP contribution in [0.2, 0.25) is 0 Å². The van der Waals surface area contributed by atoms with Gasteiger partial charge in [-0.25, -0.2) is 10.1 Å². The first kappa shape index (κ1) is 25.9. The van der Waals surface area contributed by atoms with Crippen molar-refractivity contribution in [3.05, 3.63) is 39.4 Å². The molecule has 0 bridgehead atoms. The van der Waals surface area contributed by atoms with E-state index in [0.717, 1.165) is 18.6 Å². The minimum atomic E-state index is -4.71. The molecule has 1 saturated heterocycles. The van der Waals surface area contributed by atoms with Gasteiger partial charge in [0.2, 0.25) is 5.91 Å². The van der Waals surface area contributed by atoms with Crippen molar-refractivity contribution >= 4 is 33.3 Å². The molecular formula is C20H20F6N6O3S. The van der Waals surface area contributed by atoms with E-state index in [4.69, 9.17) is 4.74 Å². The van der Waals surface area contributed by atoms with Gasteiger partial charge < -0.3 is 19.1 Å². The monoisotopic (exact) mass is 538 g/mol. The summed E-state index contributed by atoms with van der Waals surface area (Å²) < 4.78 is 84.8. The molecule has 36 heavy (non-hydrogen) atoms. The number of halogens is 6. The Kier molecular flexibility index (Phi) is 7.26. The van der Waals surface area contributed by atoms with Gasteiger partial charge >= 0.3 is 12.4 Å². The van der Waals surface area contributed by atoms with Crippen LogP contribution in [0.4, 0.5) is 31.5 Å². The number of nitrogens with one attached hydrogen (secondary N) is 1. The Labute approximate surface area is 203 Å². The van der Waals surface area contributed by atoms with Crippen molar-refractivity contribution in [1.29, 1.82) is 0 Å². The van der Waals surface area contributed by atoms with E-state index in [1.165, 1.54) is 4.57 Å². The molecule has 196 valence electrons. The molecule has 1 N–H and O–H groups in total. The fraction of sp³-hybridized carbons (Fsp3) is 0.500. The molecule has 1 amide bonds. The molecule has 4 rings (SSSR count). The van der Waals surface area contributed by atoms with Gasteiger partial charge in [-0.3, -0.25) is 9.59 Å². The van der Waals surface area contributed by atoms with Gasteiger partial charge in [0.15, 0.2) is 5.13 Å². The van der Waals surface area contributed by atoms with Crippen LogP contribution in [0.25, 0.3) is 10.9 Å². The van der Waals surface area contributed by atoms with Gasteiger partial charge in [-0.2, -0.15) is 31.4 Å². The van der Waals surface area contributed by atoms with Crippen LogP contribution in [0.5, 0.6) is 0 Å². The Morgan fingerprint density at radius 1 is 1.06 bits per heavy atom. The second-order valence-corrected chi connectivity index (χ2v) is 8.94. The molecule has 0 saturated carbocycles. The number of anilines is 1. The molecule has 1 aliphatic heterocycles. The Bertz CT molecular complexity index is 1280. The highest BCUT2D eigenvalue weighted by atomic mass is 32.1. The minimum Gasteiger partial charge on any atom is -0.379 e. The summed E-state index contributed by atoms with van der Waals surface area (Å²) in [5.74, 6) is -0.203. The Morgan fingerprint density at radius 3 is 2.42 bits per heavy atom. The van der Waals surface area contributed by atoms with E-state index >= 15 is 0 Å². The summed E-state index contributed by atoms with van der Waals surface area (Å²) in [6, 6.07) is 0. The summed E-state index contributed by atoms with van der Waals surface area (Å²) in [5.41, 5.74) is -1.99. The zero-order chi connectivity index (χ0) is 26.1. The van der Waals surface area contributed by atoms with Crippen LogP contribution >= 0.6 is 11.3 Å². The van der Waals surface area contributed by atoms with E-state index in [1.807, 2.05) is 5.10 Å². The van der Waals surface area contributed by atoms with Crippen molar-refractivity contribution in [1.82, 2.24) is 24.6 Å². The highest BCUT2D eigenvalue weighted by Crippen LogP contribution is 2.36. The summed E-state index contributed by atoms with van der Waals surface area (Å²) >= 11 is 0.557. The number of alkyl halides is 6. The van der Waals surface area contributed by atoms with Crippen molar-refractivity contribution in [2.45, 2.75) is 25.3 Å². The number of ether oxygens (including phenoxy) is 1. The first-order valence-corrected chi connectivity index (χ1v) is 11.5. The fourth-order valence-corrected chi connectivity index (χ4v) is 4.66. The second kappa shape index (κ2) is 10.1. The summed E-state index contributed by atoms with van der Waals surface area (Å²) in [5, 5.41) is 5.30. The lowest BCUT2D eigenvalue weighted by Gasteiger charge is -2.34. The predicted molar refractivity (Wildman–Crippen MR) is 117 cm³/mol. The van der Waals surface area contributed by atoms with Crippen molar-refractivity contribution in [3.8, 4) is 0 Å². The molecule has 3 aromatic rings. The van der Waals surface area contributed by atoms with Gasteiger partial charge in [-0.1, -0.05) is 11.3 Å². The number of piperazine rings is 1. The maximum absolute atomic E-state index is 13.3. The number of H-pyrrole nitrogens is 1. The molecule has 0 aromatic carbocycles. The number of rotatable bonds is 7. The Hall–Kier alpha value is -3.14. The summed E-state index contributed by atoms with van der Waals surface area (Å²) in [6.07, 6.45) is -6.37. The number of amides is 1. The van der Waals surface area contributed by atoms with Gasteiger partial charge in [0.25, 0.3) is 5.56 Å². The highest BCUT2D eigenvalue weighted by molar-refractivity contribution is 7.15. The average Bonchev–Trinajstić information content (AvgIpc) is 3.45. The maximum atomic E-state index is 13.3. The summed E-state index contributed by atoms with van der Waals surface area (Å²) in [7, 11) is 0. The largest absolute Gasteiger partial charge is 0.427 e. The number of carbonyl (C=O) groups excluding carboxylic acids is 1. The van der Waals surface area contributed by atoms with E-state index in [1.54, 1.807) is 9.80 Å². The molecule has 16 heteroatoms. The van der Waals surface area contributed by atoms with Gasteiger partial charge in [0, 0.05) is 38.9 Å². The highest BCUT2D eigenvalue weighted by Gasteiger charge is 2.36. The van der Waals surface area contributed by atoms with Crippen LogP contribution in [0.3, 0.4) is 0 Å². The lowest BCUT2D eigenvalue weighted by atomic mass is 10.2. The number of hydrogen-bond donors (Lipinski definition) is 1. The van der Waals surface area contributed by atoms with E-state index in [2.05, 4.69) is 10.1 Å².